The topological polar surface area (TPSA) is 117 Å². The van der Waals surface area contributed by atoms with Gasteiger partial charge in [0.15, 0.2) is 6.10 Å². The molecule has 0 aliphatic carbocycles. The van der Waals surface area contributed by atoms with Crippen LogP contribution in [0.25, 0.3) is 0 Å². The third-order valence-electron chi connectivity index (χ3n) is 3.89. The SMILES string of the molecule is CC(C)[C@@H](OC(=O)c1ccc(OC[C@@H]2CCCO2)cc1)C(=O)NC(N)=O. The fourth-order valence-electron chi connectivity index (χ4n) is 2.52. The Labute approximate surface area is 152 Å². The molecule has 1 aromatic rings. The van der Waals surface area contributed by atoms with Crippen molar-refractivity contribution in [2.45, 2.75) is 38.9 Å². The van der Waals surface area contributed by atoms with E-state index in [0.717, 1.165) is 19.4 Å². The molecule has 2 rings (SSSR count). The number of imide groups is 1. The summed E-state index contributed by atoms with van der Waals surface area (Å²) in [5, 5.41) is 1.92. The van der Waals surface area contributed by atoms with Crippen LogP contribution in [0.3, 0.4) is 0 Å². The Balaban J connectivity index is 1.92. The van der Waals surface area contributed by atoms with E-state index in [1.807, 2.05) is 5.32 Å². The number of nitrogens with one attached hydrogen (secondary N) is 1. The van der Waals surface area contributed by atoms with E-state index in [0.29, 0.717) is 12.4 Å². The standard InChI is InChI=1S/C18H24N2O6/c1-11(2)15(16(21)20-18(19)23)26-17(22)12-5-7-13(8-6-12)25-10-14-4-3-9-24-14/h5-8,11,14-15H,3-4,9-10H2,1-2H3,(H3,19,20,21,23)/t14-,15+/m0/s1. The Hall–Kier alpha value is -2.61. The van der Waals surface area contributed by atoms with Crippen molar-refractivity contribution in [3.63, 3.8) is 0 Å². The van der Waals surface area contributed by atoms with Crippen LogP contribution in [0.2, 0.25) is 0 Å². The van der Waals surface area contributed by atoms with Crippen molar-refractivity contribution in [2.24, 2.45) is 11.7 Å². The molecule has 1 aliphatic rings. The smallest absolute Gasteiger partial charge is 0.338 e. The monoisotopic (exact) mass is 364 g/mol. The van der Waals surface area contributed by atoms with Gasteiger partial charge >= 0.3 is 12.0 Å². The van der Waals surface area contributed by atoms with Gasteiger partial charge in [-0.3, -0.25) is 10.1 Å². The van der Waals surface area contributed by atoms with E-state index in [-0.39, 0.29) is 17.6 Å². The van der Waals surface area contributed by atoms with Crippen LogP contribution in [0.4, 0.5) is 4.79 Å². The third-order valence-corrected chi connectivity index (χ3v) is 3.89. The van der Waals surface area contributed by atoms with Gasteiger partial charge in [0.2, 0.25) is 0 Å². The summed E-state index contributed by atoms with van der Waals surface area (Å²) in [6, 6.07) is 5.41. The lowest BCUT2D eigenvalue weighted by molar-refractivity contribution is -0.130. The number of amides is 3. The minimum absolute atomic E-state index is 0.107. The summed E-state index contributed by atoms with van der Waals surface area (Å²) in [7, 11) is 0. The molecule has 1 heterocycles. The van der Waals surface area contributed by atoms with Crippen LogP contribution < -0.4 is 15.8 Å². The first-order valence-corrected chi connectivity index (χ1v) is 8.52. The molecule has 3 N–H and O–H groups in total. The van der Waals surface area contributed by atoms with Crippen molar-refractivity contribution in [2.75, 3.05) is 13.2 Å². The lowest BCUT2D eigenvalue weighted by atomic mass is 10.1. The molecule has 0 unspecified atom stereocenters. The molecule has 0 spiro atoms. The second-order valence-corrected chi connectivity index (χ2v) is 6.39. The van der Waals surface area contributed by atoms with Gasteiger partial charge in [-0.25, -0.2) is 9.59 Å². The average molecular weight is 364 g/mol. The Morgan fingerprint density at radius 3 is 2.50 bits per heavy atom. The Morgan fingerprint density at radius 2 is 1.96 bits per heavy atom. The Kier molecular flexibility index (Phi) is 6.97. The lowest BCUT2D eigenvalue weighted by Crippen LogP contribution is -2.45. The van der Waals surface area contributed by atoms with Crippen molar-refractivity contribution in [3.05, 3.63) is 29.8 Å². The van der Waals surface area contributed by atoms with Gasteiger partial charge in [-0.05, 0) is 43.0 Å². The van der Waals surface area contributed by atoms with Crippen molar-refractivity contribution >= 4 is 17.9 Å². The zero-order valence-electron chi connectivity index (χ0n) is 14.9. The van der Waals surface area contributed by atoms with Crippen LogP contribution in [0, 0.1) is 5.92 Å². The quantitative estimate of drug-likeness (QED) is 0.710. The number of rotatable bonds is 7. The normalized spacial score (nSPS) is 17.6. The van der Waals surface area contributed by atoms with Gasteiger partial charge in [0.05, 0.1) is 11.7 Å². The maximum Gasteiger partial charge on any atom is 0.338 e. The number of urea groups is 1. The molecule has 2 atom stereocenters. The third kappa shape index (κ3) is 5.73. The highest BCUT2D eigenvalue weighted by Gasteiger charge is 2.28. The molecule has 1 aromatic carbocycles. The van der Waals surface area contributed by atoms with Crippen LogP contribution >= 0.6 is 0 Å². The molecular weight excluding hydrogens is 340 g/mol. The van der Waals surface area contributed by atoms with Crippen LogP contribution in [0.5, 0.6) is 5.75 Å². The summed E-state index contributed by atoms with van der Waals surface area (Å²) in [5.41, 5.74) is 5.20. The van der Waals surface area contributed by atoms with E-state index in [4.69, 9.17) is 19.9 Å². The molecule has 8 heteroatoms. The summed E-state index contributed by atoms with van der Waals surface area (Å²) < 4.78 is 16.3. The van der Waals surface area contributed by atoms with Crippen LogP contribution in [0.1, 0.15) is 37.0 Å². The molecule has 0 aromatic heterocycles. The molecule has 1 aliphatic heterocycles. The molecule has 142 valence electrons. The van der Waals surface area contributed by atoms with Gasteiger partial charge in [-0.1, -0.05) is 13.8 Å². The van der Waals surface area contributed by atoms with E-state index >= 15 is 0 Å². The average Bonchev–Trinajstić information content (AvgIpc) is 3.10. The van der Waals surface area contributed by atoms with E-state index in [1.165, 1.54) is 0 Å². The summed E-state index contributed by atoms with van der Waals surface area (Å²) in [6.45, 7) is 4.62. The highest BCUT2D eigenvalue weighted by Crippen LogP contribution is 2.18. The lowest BCUT2D eigenvalue weighted by Gasteiger charge is -2.20. The van der Waals surface area contributed by atoms with Crippen molar-refractivity contribution in [3.8, 4) is 5.75 Å². The number of primary amides is 1. The second-order valence-electron chi connectivity index (χ2n) is 6.39. The highest BCUT2D eigenvalue weighted by atomic mass is 16.5. The van der Waals surface area contributed by atoms with Gasteiger partial charge in [0, 0.05) is 6.61 Å². The summed E-state index contributed by atoms with van der Waals surface area (Å²) in [4.78, 5) is 35.0. The molecule has 0 radical (unpaired) electrons. The highest BCUT2D eigenvalue weighted by molar-refractivity contribution is 5.98. The Morgan fingerprint density at radius 1 is 1.27 bits per heavy atom. The number of ether oxygens (including phenoxy) is 3. The number of nitrogens with two attached hydrogens (primary N) is 1. The van der Waals surface area contributed by atoms with E-state index in [9.17, 15) is 14.4 Å². The maximum absolute atomic E-state index is 12.2. The number of hydrogen-bond donors (Lipinski definition) is 2. The first kappa shape index (κ1) is 19.7. The van der Waals surface area contributed by atoms with Crippen molar-refractivity contribution in [1.82, 2.24) is 5.32 Å². The molecule has 0 bridgehead atoms. The predicted octanol–water partition coefficient (Wildman–Crippen LogP) is 1.62. The molecule has 3 amide bonds. The first-order chi connectivity index (χ1) is 12.4. The molecule has 1 saturated heterocycles. The molecule has 8 nitrogen and oxygen atoms in total. The van der Waals surface area contributed by atoms with Crippen molar-refractivity contribution in [1.29, 1.82) is 0 Å². The molecule has 1 fully saturated rings. The summed E-state index contributed by atoms with van der Waals surface area (Å²) >= 11 is 0. The fraction of sp³-hybridized carbons (Fsp3) is 0.500. The summed E-state index contributed by atoms with van der Waals surface area (Å²) in [6.07, 6.45) is 1.01. The number of benzene rings is 1. The first-order valence-electron chi connectivity index (χ1n) is 8.52. The predicted molar refractivity (Wildman–Crippen MR) is 92.7 cm³/mol. The zero-order chi connectivity index (χ0) is 19.1. The number of carbonyl (C=O) groups is 3. The van der Waals surface area contributed by atoms with Gasteiger partial charge in [-0.2, -0.15) is 0 Å². The number of esters is 1. The maximum atomic E-state index is 12.2. The van der Waals surface area contributed by atoms with E-state index < -0.39 is 24.0 Å². The number of carbonyl (C=O) groups excluding carboxylic acids is 3. The van der Waals surface area contributed by atoms with Crippen LogP contribution in [0.15, 0.2) is 24.3 Å². The van der Waals surface area contributed by atoms with Crippen LogP contribution in [-0.4, -0.2) is 43.3 Å². The van der Waals surface area contributed by atoms with Gasteiger partial charge in [0.25, 0.3) is 5.91 Å². The van der Waals surface area contributed by atoms with Crippen LogP contribution in [-0.2, 0) is 14.3 Å². The minimum Gasteiger partial charge on any atom is -0.491 e. The zero-order valence-corrected chi connectivity index (χ0v) is 14.9. The fourth-order valence-corrected chi connectivity index (χ4v) is 2.52. The molecular formula is C18H24N2O6. The van der Waals surface area contributed by atoms with Gasteiger partial charge in [0.1, 0.15) is 12.4 Å². The van der Waals surface area contributed by atoms with E-state index in [2.05, 4.69) is 0 Å². The minimum atomic E-state index is -1.12. The van der Waals surface area contributed by atoms with E-state index in [1.54, 1.807) is 38.1 Å². The second kappa shape index (κ2) is 9.19. The Bertz CT molecular complexity index is 638. The largest absolute Gasteiger partial charge is 0.491 e. The summed E-state index contributed by atoms with van der Waals surface area (Å²) in [5.74, 6) is -1.14. The van der Waals surface area contributed by atoms with Crippen molar-refractivity contribution < 1.29 is 28.6 Å². The van der Waals surface area contributed by atoms with Gasteiger partial charge in [-0.15, -0.1) is 0 Å². The number of hydrogen-bond acceptors (Lipinski definition) is 6. The molecule has 0 saturated carbocycles. The van der Waals surface area contributed by atoms with Gasteiger partial charge < -0.3 is 19.9 Å². The molecule has 26 heavy (non-hydrogen) atoms.